The van der Waals surface area contributed by atoms with Crippen molar-refractivity contribution in [3.63, 3.8) is 0 Å². The first-order chi connectivity index (χ1) is 9.70. The second-order valence-electron chi connectivity index (χ2n) is 5.48. The molecule has 1 heterocycles. The lowest BCUT2D eigenvalue weighted by Crippen LogP contribution is -2.19. The maximum absolute atomic E-state index is 9.07. The predicted octanol–water partition coefficient (Wildman–Crippen LogP) is 2.98. The summed E-state index contributed by atoms with van der Waals surface area (Å²) in [4.78, 5) is 0. The molecule has 0 saturated carbocycles. The molecule has 3 rings (SSSR count). The molecule has 1 aromatic heterocycles. The highest BCUT2D eigenvalue weighted by Gasteiger charge is 2.21. The highest BCUT2D eigenvalue weighted by atomic mass is 15.0. The van der Waals surface area contributed by atoms with Crippen molar-refractivity contribution in [2.45, 2.75) is 32.4 Å². The molecule has 20 heavy (non-hydrogen) atoms. The molecule has 1 aliphatic rings. The molecule has 102 valence electrons. The number of nitrogens with one attached hydrogen (secondary N) is 1. The quantitative estimate of drug-likeness (QED) is 0.927. The van der Waals surface area contributed by atoms with Crippen molar-refractivity contribution in [1.82, 2.24) is 9.88 Å². The van der Waals surface area contributed by atoms with E-state index in [1.54, 1.807) is 0 Å². The maximum atomic E-state index is 9.07. The average molecular weight is 265 g/mol. The number of benzene rings is 1. The van der Waals surface area contributed by atoms with Gasteiger partial charge in [0.15, 0.2) is 0 Å². The molecule has 0 fully saturated rings. The monoisotopic (exact) mass is 265 g/mol. The summed E-state index contributed by atoms with van der Waals surface area (Å²) in [5.74, 6) is 0. The van der Waals surface area contributed by atoms with Crippen LogP contribution in [0.25, 0.3) is 0 Å². The second-order valence-corrected chi connectivity index (χ2v) is 5.48. The number of nitriles is 1. The summed E-state index contributed by atoms with van der Waals surface area (Å²) in [6.45, 7) is 2.89. The lowest BCUT2D eigenvalue weighted by Gasteiger charge is -2.14. The minimum atomic E-state index is 0.441. The number of fused-ring (bicyclic) bond motifs is 1. The Morgan fingerprint density at radius 3 is 2.95 bits per heavy atom. The van der Waals surface area contributed by atoms with Crippen LogP contribution in [0.4, 0.5) is 0 Å². The molecule has 1 N–H and O–H groups in total. The summed E-state index contributed by atoms with van der Waals surface area (Å²) in [5, 5.41) is 12.7. The fourth-order valence-electron chi connectivity index (χ4n) is 3.05. The van der Waals surface area contributed by atoms with Crippen LogP contribution in [-0.4, -0.2) is 4.57 Å². The Labute approximate surface area is 119 Å². The van der Waals surface area contributed by atoms with E-state index in [0.29, 0.717) is 6.04 Å². The first-order valence-electron chi connectivity index (χ1n) is 7.07. The minimum Gasteiger partial charge on any atom is -0.340 e. The molecule has 0 bridgehead atoms. The zero-order valence-electron chi connectivity index (χ0n) is 12.0. The third-order valence-corrected chi connectivity index (χ3v) is 4.43. The van der Waals surface area contributed by atoms with Crippen LogP contribution in [0.3, 0.4) is 0 Å². The number of aromatic nitrogens is 1. The van der Waals surface area contributed by atoms with Crippen LogP contribution in [0, 0.1) is 18.3 Å². The number of aryl methyl sites for hydroxylation is 1. The highest BCUT2D eigenvalue weighted by Crippen LogP contribution is 2.31. The molecule has 2 aromatic rings. The Bertz CT molecular complexity index is 676. The average Bonchev–Trinajstić information content (AvgIpc) is 3.00. The van der Waals surface area contributed by atoms with Gasteiger partial charge >= 0.3 is 0 Å². The maximum Gasteiger partial charge on any atom is 0.120 e. The van der Waals surface area contributed by atoms with Crippen LogP contribution in [-0.2, 0) is 20.0 Å². The van der Waals surface area contributed by atoms with Crippen molar-refractivity contribution in [1.29, 1.82) is 5.26 Å². The highest BCUT2D eigenvalue weighted by molar-refractivity contribution is 5.36. The van der Waals surface area contributed by atoms with Gasteiger partial charge < -0.3 is 9.88 Å². The van der Waals surface area contributed by atoms with E-state index in [1.807, 2.05) is 17.7 Å². The molecule has 0 spiro atoms. The molecule has 3 heteroatoms. The van der Waals surface area contributed by atoms with Gasteiger partial charge in [0.1, 0.15) is 11.8 Å². The van der Waals surface area contributed by atoms with Gasteiger partial charge in [-0.1, -0.05) is 24.3 Å². The van der Waals surface area contributed by atoms with Crippen LogP contribution < -0.4 is 5.32 Å². The molecule has 0 amide bonds. The fourth-order valence-corrected chi connectivity index (χ4v) is 3.05. The van der Waals surface area contributed by atoms with Gasteiger partial charge in [0.25, 0.3) is 0 Å². The van der Waals surface area contributed by atoms with E-state index >= 15 is 0 Å². The van der Waals surface area contributed by atoms with Crippen molar-refractivity contribution in [3.8, 4) is 6.07 Å². The Hall–Kier alpha value is -2.05. The standard InChI is InChI=1S/C17H19N3/c1-12-14(9-15(10-18)20(12)2)11-19-17-8-7-13-5-3-4-6-16(13)17/h3-6,9,17,19H,7-8,11H2,1-2H3. The van der Waals surface area contributed by atoms with Gasteiger partial charge in [0.2, 0.25) is 0 Å². The smallest absolute Gasteiger partial charge is 0.120 e. The van der Waals surface area contributed by atoms with E-state index in [0.717, 1.165) is 25.1 Å². The van der Waals surface area contributed by atoms with E-state index in [9.17, 15) is 0 Å². The van der Waals surface area contributed by atoms with Crippen molar-refractivity contribution in [2.24, 2.45) is 7.05 Å². The second kappa shape index (κ2) is 5.15. The Kier molecular flexibility index (Phi) is 3.33. The molecule has 1 aliphatic carbocycles. The van der Waals surface area contributed by atoms with Crippen LogP contribution in [0.5, 0.6) is 0 Å². The topological polar surface area (TPSA) is 40.8 Å². The largest absolute Gasteiger partial charge is 0.340 e. The molecule has 1 atom stereocenters. The van der Waals surface area contributed by atoms with Gasteiger partial charge in [0, 0.05) is 25.3 Å². The Balaban J connectivity index is 1.74. The summed E-state index contributed by atoms with van der Waals surface area (Å²) in [6, 6.07) is 13.3. The van der Waals surface area contributed by atoms with Crippen molar-refractivity contribution < 1.29 is 0 Å². The van der Waals surface area contributed by atoms with Gasteiger partial charge in [-0.25, -0.2) is 0 Å². The summed E-state index contributed by atoms with van der Waals surface area (Å²) in [5.41, 5.74) is 6.01. The van der Waals surface area contributed by atoms with E-state index in [-0.39, 0.29) is 0 Å². The summed E-state index contributed by atoms with van der Waals surface area (Å²) < 4.78 is 1.96. The number of nitrogens with zero attached hydrogens (tertiary/aromatic N) is 2. The molecule has 0 saturated heterocycles. The van der Waals surface area contributed by atoms with Crippen molar-refractivity contribution >= 4 is 0 Å². The molecule has 0 aliphatic heterocycles. The SMILES string of the molecule is Cc1c(CNC2CCc3ccccc32)cc(C#N)n1C. The van der Waals surface area contributed by atoms with Gasteiger partial charge in [0.05, 0.1) is 0 Å². The van der Waals surface area contributed by atoms with Crippen LogP contribution in [0.2, 0.25) is 0 Å². The number of hydrogen-bond acceptors (Lipinski definition) is 2. The fraction of sp³-hybridized carbons (Fsp3) is 0.353. The van der Waals surface area contributed by atoms with Gasteiger partial charge in [-0.2, -0.15) is 5.26 Å². The molecule has 0 radical (unpaired) electrons. The van der Waals surface area contributed by atoms with Gasteiger partial charge in [-0.3, -0.25) is 0 Å². The van der Waals surface area contributed by atoms with Crippen LogP contribution in [0.1, 0.15) is 40.5 Å². The summed E-state index contributed by atoms with van der Waals surface area (Å²) >= 11 is 0. The first-order valence-corrected chi connectivity index (χ1v) is 7.07. The van der Waals surface area contributed by atoms with Crippen molar-refractivity contribution in [3.05, 3.63) is 58.4 Å². The Morgan fingerprint density at radius 2 is 2.20 bits per heavy atom. The zero-order chi connectivity index (χ0) is 14.1. The van der Waals surface area contributed by atoms with Crippen LogP contribution in [0.15, 0.2) is 30.3 Å². The van der Waals surface area contributed by atoms with Gasteiger partial charge in [-0.05, 0) is 42.5 Å². The molecule has 1 unspecified atom stereocenters. The minimum absolute atomic E-state index is 0.441. The molecular weight excluding hydrogens is 246 g/mol. The molecule has 1 aromatic carbocycles. The number of rotatable bonds is 3. The van der Waals surface area contributed by atoms with E-state index in [4.69, 9.17) is 5.26 Å². The summed E-state index contributed by atoms with van der Waals surface area (Å²) in [6.07, 6.45) is 2.32. The van der Waals surface area contributed by atoms with Crippen LogP contribution >= 0.6 is 0 Å². The third kappa shape index (κ3) is 2.13. The lowest BCUT2D eigenvalue weighted by molar-refractivity contribution is 0.529. The van der Waals surface area contributed by atoms with E-state index in [1.165, 1.54) is 22.4 Å². The molecule has 3 nitrogen and oxygen atoms in total. The van der Waals surface area contributed by atoms with Gasteiger partial charge in [-0.15, -0.1) is 0 Å². The van der Waals surface area contributed by atoms with Crippen molar-refractivity contribution in [2.75, 3.05) is 0 Å². The first kappa shape index (κ1) is 13.0. The molecular formula is C17H19N3. The third-order valence-electron chi connectivity index (χ3n) is 4.43. The zero-order valence-corrected chi connectivity index (χ0v) is 12.0. The lowest BCUT2D eigenvalue weighted by atomic mass is 10.1. The Morgan fingerprint density at radius 1 is 1.40 bits per heavy atom. The van der Waals surface area contributed by atoms with E-state index in [2.05, 4.69) is 42.6 Å². The number of hydrogen-bond donors (Lipinski definition) is 1. The predicted molar refractivity (Wildman–Crippen MR) is 79.2 cm³/mol. The normalized spacial score (nSPS) is 16.9. The summed E-state index contributed by atoms with van der Waals surface area (Å²) in [7, 11) is 1.95. The van der Waals surface area contributed by atoms with E-state index < -0.39 is 0 Å².